The highest BCUT2D eigenvalue weighted by Gasteiger charge is 1.99. The minimum Gasteiger partial charge on any atom is -0.334 e. The summed E-state index contributed by atoms with van der Waals surface area (Å²) in [6.07, 6.45) is 7.98. The van der Waals surface area contributed by atoms with E-state index in [1.54, 1.807) is 0 Å². The molecule has 1 aromatic heterocycles. The number of hydrogen-bond acceptors (Lipinski definition) is 2. The van der Waals surface area contributed by atoms with Crippen LogP contribution in [0.4, 0.5) is 0 Å². The number of imidazole rings is 1. The van der Waals surface area contributed by atoms with E-state index in [4.69, 9.17) is 0 Å². The number of aromatic nitrogens is 2. The third-order valence-corrected chi connectivity index (χ3v) is 2.07. The average molecular weight is 193 g/mol. The zero-order valence-electron chi connectivity index (χ0n) is 8.87. The molecule has 0 saturated heterocycles. The van der Waals surface area contributed by atoms with Crippen molar-refractivity contribution in [2.45, 2.75) is 32.9 Å². The third-order valence-electron chi connectivity index (χ3n) is 2.07. The van der Waals surface area contributed by atoms with Crippen LogP contribution in [0.2, 0.25) is 0 Å². The van der Waals surface area contributed by atoms with E-state index >= 15 is 0 Å². The quantitative estimate of drug-likeness (QED) is 0.530. The minimum absolute atomic E-state index is 0.848. The molecule has 0 fully saturated rings. The summed E-state index contributed by atoms with van der Waals surface area (Å²) >= 11 is 0. The number of hydrogen-bond donors (Lipinski definition) is 1. The summed E-state index contributed by atoms with van der Waals surface area (Å²) in [6, 6.07) is 0. The summed E-state index contributed by atoms with van der Waals surface area (Å²) in [7, 11) is 0. The van der Waals surface area contributed by atoms with Gasteiger partial charge in [-0.15, -0.1) is 6.58 Å². The second kappa shape index (κ2) is 6.38. The Balaban J connectivity index is 2.33. The van der Waals surface area contributed by atoms with Crippen LogP contribution in [0.15, 0.2) is 25.0 Å². The van der Waals surface area contributed by atoms with Gasteiger partial charge in [0.1, 0.15) is 5.82 Å². The van der Waals surface area contributed by atoms with Crippen LogP contribution in [0.1, 0.15) is 25.6 Å². The molecule has 0 saturated carbocycles. The van der Waals surface area contributed by atoms with Gasteiger partial charge < -0.3 is 9.88 Å². The molecule has 1 N–H and O–H groups in total. The van der Waals surface area contributed by atoms with Gasteiger partial charge in [-0.05, 0) is 19.4 Å². The lowest BCUT2D eigenvalue weighted by atomic mass is 10.4. The average Bonchev–Trinajstić information content (AvgIpc) is 2.61. The maximum absolute atomic E-state index is 4.31. The van der Waals surface area contributed by atoms with Crippen LogP contribution in [0, 0.1) is 0 Å². The van der Waals surface area contributed by atoms with Crippen molar-refractivity contribution in [3.8, 4) is 0 Å². The molecule has 3 heteroatoms. The van der Waals surface area contributed by atoms with Crippen molar-refractivity contribution in [1.29, 1.82) is 0 Å². The maximum atomic E-state index is 4.31. The SMILES string of the molecule is C=CCCNCc1nccn1CCC. The molecule has 0 aliphatic rings. The topological polar surface area (TPSA) is 29.9 Å². The fourth-order valence-electron chi connectivity index (χ4n) is 1.36. The van der Waals surface area contributed by atoms with Gasteiger partial charge in [0.15, 0.2) is 0 Å². The molecule has 0 bridgehead atoms. The lowest BCUT2D eigenvalue weighted by Gasteiger charge is -2.06. The van der Waals surface area contributed by atoms with E-state index in [9.17, 15) is 0 Å². The second-order valence-corrected chi connectivity index (χ2v) is 3.29. The summed E-state index contributed by atoms with van der Waals surface area (Å²) in [4.78, 5) is 4.31. The van der Waals surface area contributed by atoms with Gasteiger partial charge in [-0.3, -0.25) is 0 Å². The Hall–Kier alpha value is -1.09. The Morgan fingerprint density at radius 1 is 1.64 bits per heavy atom. The minimum atomic E-state index is 0.848. The fraction of sp³-hybridized carbons (Fsp3) is 0.545. The van der Waals surface area contributed by atoms with E-state index in [1.165, 1.54) is 0 Å². The predicted molar refractivity (Wildman–Crippen MR) is 59.0 cm³/mol. The predicted octanol–water partition coefficient (Wildman–Crippen LogP) is 1.96. The van der Waals surface area contributed by atoms with Gasteiger partial charge in [-0.1, -0.05) is 13.0 Å². The second-order valence-electron chi connectivity index (χ2n) is 3.29. The van der Waals surface area contributed by atoms with Crippen molar-refractivity contribution in [3.63, 3.8) is 0 Å². The van der Waals surface area contributed by atoms with Gasteiger partial charge in [0.05, 0.1) is 6.54 Å². The lowest BCUT2D eigenvalue weighted by Crippen LogP contribution is -2.17. The Kier molecular flexibility index (Phi) is 5.00. The first-order valence-corrected chi connectivity index (χ1v) is 5.20. The highest BCUT2D eigenvalue weighted by Crippen LogP contribution is 1.98. The summed E-state index contributed by atoms with van der Waals surface area (Å²) in [6.45, 7) is 8.73. The highest BCUT2D eigenvalue weighted by molar-refractivity contribution is 4.91. The molecule has 0 spiro atoms. The van der Waals surface area contributed by atoms with E-state index in [2.05, 4.69) is 28.4 Å². The van der Waals surface area contributed by atoms with E-state index in [0.717, 1.165) is 38.3 Å². The first-order chi connectivity index (χ1) is 6.88. The molecule has 1 aromatic rings. The van der Waals surface area contributed by atoms with Crippen LogP contribution < -0.4 is 5.32 Å². The third kappa shape index (κ3) is 3.34. The molecular formula is C11H19N3. The molecule has 0 aliphatic heterocycles. The van der Waals surface area contributed by atoms with E-state index in [1.807, 2.05) is 18.5 Å². The summed E-state index contributed by atoms with van der Waals surface area (Å²) in [5.74, 6) is 1.12. The first-order valence-electron chi connectivity index (χ1n) is 5.20. The largest absolute Gasteiger partial charge is 0.334 e. The molecule has 1 heterocycles. The number of rotatable bonds is 7. The van der Waals surface area contributed by atoms with Gasteiger partial charge in [0.25, 0.3) is 0 Å². The van der Waals surface area contributed by atoms with Crippen molar-refractivity contribution in [3.05, 3.63) is 30.9 Å². The lowest BCUT2D eigenvalue weighted by molar-refractivity contribution is 0.591. The Bertz CT molecular complexity index is 265. The van der Waals surface area contributed by atoms with Crippen LogP contribution in [0.3, 0.4) is 0 Å². The molecule has 1 rings (SSSR count). The van der Waals surface area contributed by atoms with Crippen molar-refractivity contribution >= 4 is 0 Å². The smallest absolute Gasteiger partial charge is 0.122 e. The molecule has 0 aromatic carbocycles. The van der Waals surface area contributed by atoms with Crippen LogP contribution >= 0.6 is 0 Å². The number of aryl methyl sites for hydroxylation is 1. The van der Waals surface area contributed by atoms with Gasteiger partial charge in [-0.2, -0.15) is 0 Å². The van der Waals surface area contributed by atoms with Crippen LogP contribution in [-0.2, 0) is 13.1 Å². The van der Waals surface area contributed by atoms with Crippen molar-refractivity contribution in [2.24, 2.45) is 0 Å². The van der Waals surface area contributed by atoms with Crippen LogP contribution in [0.5, 0.6) is 0 Å². The van der Waals surface area contributed by atoms with Gasteiger partial charge >= 0.3 is 0 Å². The molecule has 0 unspecified atom stereocenters. The maximum Gasteiger partial charge on any atom is 0.122 e. The van der Waals surface area contributed by atoms with Crippen LogP contribution in [-0.4, -0.2) is 16.1 Å². The van der Waals surface area contributed by atoms with E-state index in [0.29, 0.717) is 0 Å². The standard InChI is InChI=1S/C11H19N3/c1-3-5-6-12-10-11-13-7-9-14(11)8-4-2/h3,7,9,12H,1,4-6,8,10H2,2H3. The number of nitrogens with one attached hydrogen (secondary N) is 1. The summed E-state index contributed by atoms with van der Waals surface area (Å²) in [5, 5.41) is 3.33. The van der Waals surface area contributed by atoms with Gasteiger partial charge in [0.2, 0.25) is 0 Å². The Morgan fingerprint density at radius 3 is 3.21 bits per heavy atom. The Labute approximate surface area is 85.8 Å². The van der Waals surface area contributed by atoms with Gasteiger partial charge in [-0.25, -0.2) is 4.98 Å². The van der Waals surface area contributed by atoms with Crippen molar-refractivity contribution < 1.29 is 0 Å². The van der Waals surface area contributed by atoms with E-state index in [-0.39, 0.29) is 0 Å². The molecule has 0 radical (unpaired) electrons. The Morgan fingerprint density at radius 2 is 2.50 bits per heavy atom. The zero-order valence-corrected chi connectivity index (χ0v) is 8.87. The number of nitrogens with zero attached hydrogens (tertiary/aromatic N) is 2. The summed E-state index contributed by atoms with van der Waals surface area (Å²) in [5.41, 5.74) is 0. The zero-order chi connectivity index (χ0) is 10.2. The molecular weight excluding hydrogens is 174 g/mol. The first kappa shape index (κ1) is 11.0. The van der Waals surface area contributed by atoms with Gasteiger partial charge in [0, 0.05) is 18.9 Å². The molecule has 14 heavy (non-hydrogen) atoms. The fourth-order valence-corrected chi connectivity index (χ4v) is 1.36. The van der Waals surface area contributed by atoms with Crippen molar-refractivity contribution in [1.82, 2.24) is 14.9 Å². The van der Waals surface area contributed by atoms with E-state index < -0.39 is 0 Å². The molecule has 3 nitrogen and oxygen atoms in total. The van der Waals surface area contributed by atoms with Crippen LogP contribution in [0.25, 0.3) is 0 Å². The molecule has 78 valence electrons. The summed E-state index contributed by atoms with van der Waals surface area (Å²) < 4.78 is 2.20. The monoisotopic (exact) mass is 193 g/mol. The highest BCUT2D eigenvalue weighted by atomic mass is 15.1. The normalized spacial score (nSPS) is 10.4. The van der Waals surface area contributed by atoms with Crippen molar-refractivity contribution in [2.75, 3.05) is 6.54 Å². The molecule has 0 aliphatic carbocycles. The molecule has 0 atom stereocenters. The molecule has 0 amide bonds.